The summed E-state index contributed by atoms with van der Waals surface area (Å²) in [5.41, 5.74) is 10.3. The van der Waals surface area contributed by atoms with E-state index >= 15 is 0 Å². The summed E-state index contributed by atoms with van der Waals surface area (Å²) in [6, 6.07) is 74.6. The molecule has 0 aliphatic carbocycles. The first-order valence-corrected chi connectivity index (χ1v) is 52.5. The lowest BCUT2D eigenvalue weighted by molar-refractivity contribution is 0.0939. The minimum atomic E-state index is -0.105. The summed E-state index contributed by atoms with van der Waals surface area (Å²) in [6.07, 6.45) is 52.7. The van der Waals surface area contributed by atoms with Gasteiger partial charge in [-0.25, -0.2) is 0 Å². The maximum Gasteiger partial charge on any atom is 0.251 e. The Morgan fingerprint density at radius 3 is 0.696 bits per heavy atom. The van der Waals surface area contributed by atoms with Gasteiger partial charge in [-0.2, -0.15) is 0 Å². The Hall–Kier alpha value is -10.7. The number of carbonyl (C=O) groups is 1. The molecule has 0 aliphatic heterocycles. The van der Waals surface area contributed by atoms with Gasteiger partial charge in [0.2, 0.25) is 0 Å². The minimum absolute atomic E-state index is 0.0588. The fraction of sp³-hybridized carbons (Fsp3) is 0.496. The van der Waals surface area contributed by atoms with Gasteiger partial charge >= 0.3 is 0 Å². The largest absolute Gasteiger partial charge is 0.494 e. The summed E-state index contributed by atoms with van der Waals surface area (Å²) in [5.74, 6) is 8.62. The molecule has 0 unspecified atom stereocenters. The van der Waals surface area contributed by atoms with Crippen LogP contribution in [0.5, 0.6) is 69.0 Å². The van der Waals surface area contributed by atoms with Crippen molar-refractivity contribution < 1.29 is 61.6 Å². The van der Waals surface area contributed by atoms with Crippen LogP contribution in [0.1, 0.15) is 360 Å². The van der Waals surface area contributed by atoms with Crippen LogP contribution in [0, 0.1) is 0 Å². The van der Waals surface area contributed by atoms with Gasteiger partial charge in [0, 0.05) is 17.7 Å². The van der Waals surface area contributed by atoms with E-state index in [0.29, 0.717) is 91.2 Å². The standard InChI is InChI=1S/C121H163NO13/c1-7-12-16-20-24-28-32-36-40-44-80-124-109-66-48-100(49-67-109)91-132-117-78-60-104(84-119(117)134-93-102-52-70-111(71-53-102)126-82-46-42-38-34-30-26-22-18-14-9-3)95-128-113-74-56-98(57-75-113)89-130-115-86-108(106-62-64-107(65-63-106)121(123)122-97(6)11-5)87-116(88-115)131-90-99-58-76-114(77-59-99)129-96-105-61-79-118(133-92-101-50-68-110(69-51-101)125-81-45-41-37-33-29-25-21-17-13-8-2)120(85-105)135-94-103-54-72-112(73-55-103)127-83-47-43-39-35-31-27-23-19-15-10-4/h48-79,84-88,97H,7-47,80-83,89-96H2,1-6H3,(H,122,123)/t97-/m0/s1. The third-order valence-corrected chi connectivity index (χ3v) is 25.2. The van der Waals surface area contributed by atoms with Crippen LogP contribution < -0.4 is 62.2 Å². The Bertz CT molecular complexity index is 4480. The normalized spacial score (nSPS) is 11.4. The monoisotopic (exact) mass is 1840 g/mol. The molecule has 0 fully saturated rings. The lowest BCUT2D eigenvalue weighted by Crippen LogP contribution is -2.31. The van der Waals surface area contributed by atoms with Crippen LogP contribution in [0.15, 0.2) is 224 Å². The Morgan fingerprint density at radius 1 is 0.207 bits per heavy atom. The van der Waals surface area contributed by atoms with Crippen LogP contribution in [0.25, 0.3) is 11.1 Å². The van der Waals surface area contributed by atoms with Gasteiger partial charge in [0.25, 0.3) is 5.91 Å². The van der Waals surface area contributed by atoms with Gasteiger partial charge in [-0.1, -0.05) is 363 Å². The van der Waals surface area contributed by atoms with Crippen molar-refractivity contribution in [2.24, 2.45) is 0 Å². The van der Waals surface area contributed by atoms with Gasteiger partial charge in [-0.15, -0.1) is 0 Å². The summed E-state index contributed by atoms with van der Waals surface area (Å²) < 4.78 is 77.2. The molecular weight excluding hydrogens is 1680 g/mol. The number of ether oxygens (including phenoxy) is 12. The molecule has 0 bridgehead atoms. The lowest BCUT2D eigenvalue weighted by Gasteiger charge is -2.16. The first-order valence-electron chi connectivity index (χ1n) is 52.5. The molecule has 10 aromatic rings. The Kier molecular flexibility index (Phi) is 51.9. The van der Waals surface area contributed by atoms with Gasteiger partial charge in [-0.05, 0) is 216 Å². The van der Waals surface area contributed by atoms with Crippen LogP contribution in [0.2, 0.25) is 0 Å². The van der Waals surface area contributed by atoms with Crippen LogP contribution in [0.4, 0.5) is 0 Å². The minimum Gasteiger partial charge on any atom is -0.494 e. The second kappa shape index (κ2) is 65.9. The molecule has 1 atom stereocenters. The van der Waals surface area contributed by atoms with E-state index in [0.717, 1.165) is 137 Å². The SMILES string of the molecule is CCCCCCCCCCCCOc1ccc(COc2ccc(COc3ccc(COc4cc(OCc5ccc(OCc6ccc(OCc7ccc(OCCCCCCCCCCCC)cc7)c(OCc7ccc(OCCCCCCCCCCCC)cc7)c6)cc5)cc(-c5ccc(C(=O)N[C@@H](C)CC)cc5)c4)cc3)cc2OCc2ccc(OCCCCCCCCCCCC)cc2)cc1. The molecule has 10 aromatic carbocycles. The van der Waals surface area contributed by atoms with Gasteiger partial charge in [0.15, 0.2) is 23.0 Å². The van der Waals surface area contributed by atoms with E-state index in [-0.39, 0.29) is 25.2 Å². The number of amides is 1. The highest BCUT2D eigenvalue weighted by atomic mass is 16.5. The summed E-state index contributed by atoms with van der Waals surface area (Å²) in [7, 11) is 0. The molecule has 0 saturated carbocycles. The maximum absolute atomic E-state index is 13.2. The number of carbonyl (C=O) groups excluding carboxylic acids is 1. The van der Waals surface area contributed by atoms with Crippen LogP contribution in [0.3, 0.4) is 0 Å². The van der Waals surface area contributed by atoms with E-state index in [1.54, 1.807) is 0 Å². The van der Waals surface area contributed by atoms with E-state index in [1.165, 1.54) is 231 Å². The fourth-order valence-electron chi connectivity index (χ4n) is 16.4. The van der Waals surface area contributed by atoms with Crippen molar-refractivity contribution in [3.8, 4) is 80.1 Å². The maximum atomic E-state index is 13.2. The van der Waals surface area contributed by atoms with Crippen LogP contribution >= 0.6 is 0 Å². The molecule has 10 rings (SSSR count). The van der Waals surface area contributed by atoms with Crippen molar-refractivity contribution in [1.82, 2.24) is 5.32 Å². The van der Waals surface area contributed by atoms with Gasteiger partial charge in [0.05, 0.1) is 26.4 Å². The fourth-order valence-corrected chi connectivity index (χ4v) is 16.4. The lowest BCUT2D eigenvalue weighted by atomic mass is 10.0. The summed E-state index contributed by atoms with van der Waals surface area (Å²) in [5, 5.41) is 3.09. The van der Waals surface area contributed by atoms with E-state index in [1.807, 2.05) is 183 Å². The van der Waals surface area contributed by atoms with Crippen molar-refractivity contribution in [2.75, 3.05) is 26.4 Å². The van der Waals surface area contributed by atoms with Crippen molar-refractivity contribution in [1.29, 1.82) is 0 Å². The molecule has 0 radical (unpaired) electrons. The average Bonchev–Trinajstić information content (AvgIpc) is 0.820. The number of nitrogens with one attached hydrogen (secondary N) is 1. The van der Waals surface area contributed by atoms with Crippen LogP contribution in [-0.2, 0) is 52.9 Å². The van der Waals surface area contributed by atoms with Crippen LogP contribution in [-0.4, -0.2) is 38.4 Å². The quantitative estimate of drug-likeness (QED) is 0.0362. The zero-order chi connectivity index (χ0) is 94.3. The smallest absolute Gasteiger partial charge is 0.251 e. The molecule has 0 aromatic heterocycles. The van der Waals surface area contributed by atoms with Gasteiger partial charge in [-0.3, -0.25) is 4.79 Å². The summed E-state index contributed by atoms with van der Waals surface area (Å²) in [6.45, 7) is 18.7. The predicted octanol–water partition coefficient (Wildman–Crippen LogP) is 33.7. The van der Waals surface area contributed by atoms with Crippen molar-refractivity contribution in [2.45, 2.75) is 364 Å². The Morgan fingerprint density at radius 2 is 0.430 bits per heavy atom. The first kappa shape index (κ1) is 106. The second-order valence-electron chi connectivity index (χ2n) is 36.9. The van der Waals surface area contributed by atoms with Gasteiger partial charge in [0.1, 0.15) is 98.9 Å². The summed E-state index contributed by atoms with van der Waals surface area (Å²) in [4.78, 5) is 13.2. The second-order valence-corrected chi connectivity index (χ2v) is 36.9. The molecule has 0 heterocycles. The highest BCUT2D eigenvalue weighted by molar-refractivity contribution is 5.95. The molecule has 1 amide bonds. The molecule has 14 heteroatoms. The van der Waals surface area contributed by atoms with Crippen molar-refractivity contribution >= 4 is 5.91 Å². The number of rotatable bonds is 76. The molecule has 0 saturated heterocycles. The van der Waals surface area contributed by atoms with E-state index in [4.69, 9.17) is 56.8 Å². The highest BCUT2D eigenvalue weighted by Gasteiger charge is 2.17. The Labute approximate surface area is 812 Å². The average molecular weight is 1840 g/mol. The third kappa shape index (κ3) is 43.9. The highest BCUT2D eigenvalue weighted by Crippen LogP contribution is 2.37. The van der Waals surface area contributed by atoms with Crippen molar-refractivity contribution in [3.05, 3.63) is 275 Å². The van der Waals surface area contributed by atoms with E-state index in [2.05, 4.69) is 88.5 Å². The number of hydrogen-bond acceptors (Lipinski definition) is 13. The third-order valence-electron chi connectivity index (χ3n) is 25.2. The molecule has 0 spiro atoms. The Balaban J connectivity index is 0.738. The predicted molar refractivity (Wildman–Crippen MR) is 555 cm³/mol. The molecule has 730 valence electrons. The zero-order valence-corrected chi connectivity index (χ0v) is 83.2. The van der Waals surface area contributed by atoms with Crippen molar-refractivity contribution in [3.63, 3.8) is 0 Å². The number of unbranched alkanes of at least 4 members (excludes halogenated alkanes) is 36. The first-order chi connectivity index (χ1) is 66.6. The van der Waals surface area contributed by atoms with E-state index in [9.17, 15) is 4.79 Å². The number of hydrogen-bond donors (Lipinski definition) is 1. The zero-order valence-electron chi connectivity index (χ0n) is 83.2. The van der Waals surface area contributed by atoms with Gasteiger partial charge < -0.3 is 62.2 Å². The number of benzene rings is 10. The molecule has 1 N–H and O–H groups in total. The molecular formula is C121H163NO13. The van der Waals surface area contributed by atoms with E-state index < -0.39 is 0 Å². The summed E-state index contributed by atoms with van der Waals surface area (Å²) >= 11 is 0. The molecule has 0 aliphatic rings. The molecule has 135 heavy (non-hydrogen) atoms. The molecule has 14 nitrogen and oxygen atoms in total. The topological polar surface area (TPSA) is 140 Å².